The number of carbonyl (C=O) groups is 1. The molecule has 0 unspecified atom stereocenters. The van der Waals surface area contributed by atoms with Gasteiger partial charge in [0.2, 0.25) is 0 Å². The van der Waals surface area contributed by atoms with E-state index in [-0.39, 0.29) is 43.1 Å². The molecule has 3 N–H and O–H groups in total. The fraction of sp³-hybridized carbons (Fsp3) is 0.429. The number of pyridine rings is 1. The first-order chi connectivity index (χ1) is 13.3. The Morgan fingerprint density at radius 1 is 1.13 bits per heavy atom. The number of nitrogens with zero attached hydrogens (tertiary/aromatic N) is 1. The summed E-state index contributed by atoms with van der Waals surface area (Å²) in [4.78, 5) is 16.1. The fourth-order valence-electron chi connectivity index (χ4n) is 3.14. The lowest BCUT2D eigenvalue weighted by Crippen LogP contribution is -2.31. The summed E-state index contributed by atoms with van der Waals surface area (Å²) in [5.41, 5.74) is 4.21. The van der Waals surface area contributed by atoms with E-state index in [1.807, 2.05) is 31.4 Å². The Hall–Kier alpha value is -1.57. The number of hydrogen-bond acceptors (Lipinski definition) is 5. The normalized spacial score (nSPS) is 11.8. The van der Waals surface area contributed by atoms with E-state index >= 15 is 0 Å². The third kappa shape index (κ3) is 8.66. The van der Waals surface area contributed by atoms with Gasteiger partial charge in [0.25, 0.3) is 5.91 Å². The molecule has 1 aromatic carbocycles. The zero-order chi connectivity index (χ0) is 18.9. The molecule has 0 bridgehead atoms. The maximum Gasteiger partial charge on any atom is 0.251 e. The SMILES string of the molecule is CNCCc1cc(CNCCCOc2ccc3c(c2)CCNC3=O)ccn1.Cl.Cl.Cl. The average Bonchev–Trinajstić information content (AvgIpc) is 2.69. The fourth-order valence-corrected chi connectivity index (χ4v) is 3.14. The summed E-state index contributed by atoms with van der Waals surface area (Å²) in [6.45, 7) is 4.02. The maximum atomic E-state index is 11.8. The minimum absolute atomic E-state index is 0. The third-order valence-electron chi connectivity index (χ3n) is 4.61. The highest BCUT2D eigenvalue weighted by Gasteiger charge is 2.16. The number of aromatic nitrogens is 1. The van der Waals surface area contributed by atoms with Crippen LogP contribution in [0.4, 0.5) is 0 Å². The van der Waals surface area contributed by atoms with E-state index in [0.717, 1.165) is 61.5 Å². The predicted octanol–water partition coefficient (Wildman–Crippen LogP) is 2.95. The van der Waals surface area contributed by atoms with Crippen molar-refractivity contribution in [2.45, 2.75) is 25.8 Å². The summed E-state index contributed by atoms with van der Waals surface area (Å²) in [5, 5.41) is 9.45. The summed E-state index contributed by atoms with van der Waals surface area (Å²) in [6.07, 6.45) is 4.61. The van der Waals surface area contributed by atoms with Crippen LogP contribution in [0.5, 0.6) is 5.75 Å². The molecule has 0 fully saturated rings. The van der Waals surface area contributed by atoms with Crippen LogP contribution in [0.25, 0.3) is 0 Å². The number of fused-ring (bicyclic) bond motifs is 1. The Kier molecular flexibility index (Phi) is 14.5. The molecular weight excluding hydrogens is 447 g/mol. The second-order valence-electron chi connectivity index (χ2n) is 6.71. The van der Waals surface area contributed by atoms with Crippen molar-refractivity contribution in [3.05, 3.63) is 58.9 Å². The van der Waals surface area contributed by atoms with Gasteiger partial charge in [-0.2, -0.15) is 0 Å². The van der Waals surface area contributed by atoms with Crippen molar-refractivity contribution in [1.29, 1.82) is 0 Å². The topological polar surface area (TPSA) is 75.3 Å². The molecule has 0 saturated heterocycles. The van der Waals surface area contributed by atoms with E-state index in [1.54, 1.807) is 0 Å². The second-order valence-corrected chi connectivity index (χ2v) is 6.71. The summed E-state index contributed by atoms with van der Waals surface area (Å²) in [6, 6.07) is 9.93. The van der Waals surface area contributed by atoms with Gasteiger partial charge in [-0.3, -0.25) is 9.78 Å². The lowest BCUT2D eigenvalue weighted by atomic mass is 10.0. The number of carbonyl (C=O) groups excluding carboxylic acids is 1. The number of halogens is 3. The van der Waals surface area contributed by atoms with Gasteiger partial charge in [0.15, 0.2) is 0 Å². The molecule has 1 aliphatic heterocycles. The first-order valence-corrected chi connectivity index (χ1v) is 9.59. The largest absolute Gasteiger partial charge is 0.494 e. The number of likely N-dealkylation sites (N-methyl/N-ethyl adjacent to an activating group) is 1. The van der Waals surface area contributed by atoms with Crippen molar-refractivity contribution in [1.82, 2.24) is 20.9 Å². The van der Waals surface area contributed by atoms with Gasteiger partial charge in [-0.25, -0.2) is 0 Å². The van der Waals surface area contributed by atoms with Crippen molar-refractivity contribution < 1.29 is 9.53 Å². The number of rotatable bonds is 10. The van der Waals surface area contributed by atoms with Crippen molar-refractivity contribution in [2.24, 2.45) is 0 Å². The zero-order valence-electron chi connectivity index (χ0n) is 17.1. The molecule has 1 aliphatic rings. The van der Waals surface area contributed by atoms with Crippen LogP contribution in [-0.4, -0.2) is 44.2 Å². The van der Waals surface area contributed by atoms with Gasteiger partial charge in [-0.05, 0) is 67.9 Å². The molecule has 0 spiro atoms. The van der Waals surface area contributed by atoms with Crippen LogP contribution in [0.3, 0.4) is 0 Å². The second kappa shape index (κ2) is 15.3. The van der Waals surface area contributed by atoms with Crippen LogP contribution in [-0.2, 0) is 19.4 Å². The van der Waals surface area contributed by atoms with Crippen molar-refractivity contribution in [2.75, 3.05) is 33.3 Å². The van der Waals surface area contributed by atoms with Crippen LogP contribution >= 0.6 is 37.2 Å². The van der Waals surface area contributed by atoms with Crippen LogP contribution < -0.4 is 20.7 Å². The highest BCUT2D eigenvalue weighted by molar-refractivity contribution is 5.96. The molecule has 0 radical (unpaired) electrons. The van der Waals surface area contributed by atoms with Gasteiger partial charge in [-0.15, -0.1) is 37.2 Å². The lowest BCUT2D eigenvalue weighted by molar-refractivity contribution is 0.0946. The van der Waals surface area contributed by atoms with Crippen LogP contribution in [0.15, 0.2) is 36.5 Å². The van der Waals surface area contributed by atoms with Crippen LogP contribution in [0, 0.1) is 0 Å². The number of nitrogens with one attached hydrogen (secondary N) is 3. The first-order valence-electron chi connectivity index (χ1n) is 9.59. The van der Waals surface area contributed by atoms with Crippen molar-refractivity contribution in [3.8, 4) is 5.75 Å². The lowest BCUT2D eigenvalue weighted by Gasteiger charge is -2.17. The maximum absolute atomic E-state index is 11.8. The molecule has 6 nitrogen and oxygen atoms in total. The van der Waals surface area contributed by atoms with Gasteiger partial charge in [0.1, 0.15) is 5.75 Å². The molecule has 9 heteroatoms. The predicted molar refractivity (Wildman–Crippen MR) is 128 cm³/mol. The Morgan fingerprint density at radius 3 is 2.77 bits per heavy atom. The van der Waals surface area contributed by atoms with Crippen molar-refractivity contribution in [3.63, 3.8) is 0 Å². The number of amides is 1. The van der Waals surface area contributed by atoms with Gasteiger partial charge in [-0.1, -0.05) is 0 Å². The number of benzene rings is 1. The van der Waals surface area contributed by atoms with E-state index in [4.69, 9.17) is 4.74 Å². The Morgan fingerprint density at radius 2 is 1.97 bits per heavy atom. The molecule has 0 saturated carbocycles. The molecule has 2 heterocycles. The summed E-state index contributed by atoms with van der Waals surface area (Å²) < 4.78 is 5.83. The molecule has 1 amide bonds. The molecule has 2 aromatic rings. The molecule has 30 heavy (non-hydrogen) atoms. The zero-order valence-corrected chi connectivity index (χ0v) is 19.6. The van der Waals surface area contributed by atoms with Gasteiger partial charge in [0.05, 0.1) is 6.61 Å². The Labute approximate surface area is 197 Å². The molecule has 1 aromatic heterocycles. The van der Waals surface area contributed by atoms with Gasteiger partial charge < -0.3 is 20.7 Å². The summed E-state index contributed by atoms with van der Waals surface area (Å²) >= 11 is 0. The van der Waals surface area contributed by atoms with Gasteiger partial charge >= 0.3 is 0 Å². The highest BCUT2D eigenvalue weighted by atomic mass is 35.5. The standard InChI is InChI=1S/C21H28N4O2.3ClH/c1-22-9-7-18-13-16(5-10-24-18)15-23-8-2-12-27-19-3-4-20-17(14-19)6-11-25-21(20)26;;;/h3-5,10,13-14,22-23H,2,6-9,11-12,15H2,1H3,(H,25,26);3*1H. The van der Waals surface area contributed by atoms with E-state index in [2.05, 4.69) is 33.1 Å². The molecule has 0 aliphatic carbocycles. The van der Waals surface area contributed by atoms with E-state index in [9.17, 15) is 4.79 Å². The van der Waals surface area contributed by atoms with Gasteiger partial charge in [0, 0.05) is 43.5 Å². The average molecular weight is 478 g/mol. The van der Waals surface area contributed by atoms with Crippen LogP contribution in [0.2, 0.25) is 0 Å². The number of ether oxygens (including phenoxy) is 1. The monoisotopic (exact) mass is 476 g/mol. The molecule has 3 rings (SSSR count). The van der Waals surface area contributed by atoms with E-state index in [1.165, 1.54) is 5.56 Å². The summed E-state index contributed by atoms with van der Waals surface area (Å²) in [7, 11) is 1.95. The third-order valence-corrected chi connectivity index (χ3v) is 4.61. The molecule has 168 valence electrons. The summed E-state index contributed by atoms with van der Waals surface area (Å²) in [5.74, 6) is 0.851. The quantitative estimate of drug-likeness (QED) is 0.459. The first kappa shape index (κ1) is 28.4. The minimum atomic E-state index is 0. The Bertz CT molecular complexity index is 778. The van der Waals surface area contributed by atoms with Crippen molar-refractivity contribution >= 4 is 43.1 Å². The smallest absolute Gasteiger partial charge is 0.251 e. The van der Waals surface area contributed by atoms with E-state index in [0.29, 0.717) is 13.2 Å². The Balaban J connectivity index is 0.00000280. The minimum Gasteiger partial charge on any atom is -0.494 e. The highest BCUT2D eigenvalue weighted by Crippen LogP contribution is 2.20. The van der Waals surface area contributed by atoms with Crippen LogP contribution in [0.1, 0.15) is 33.6 Å². The number of hydrogen-bond donors (Lipinski definition) is 3. The molecule has 0 atom stereocenters. The molecular formula is C21H31Cl3N4O2. The van der Waals surface area contributed by atoms with E-state index < -0.39 is 0 Å².